The van der Waals surface area contributed by atoms with E-state index in [1.165, 1.54) is 20.0 Å². The number of aromatic nitrogens is 1. The van der Waals surface area contributed by atoms with Crippen LogP contribution < -0.4 is 4.90 Å². The first kappa shape index (κ1) is 14.8. The average Bonchev–Trinajstić information content (AvgIpc) is 3.26. The van der Waals surface area contributed by atoms with Crippen LogP contribution in [-0.4, -0.2) is 48.6 Å². The van der Waals surface area contributed by atoms with Gasteiger partial charge in [-0.2, -0.15) is 0 Å². The summed E-state index contributed by atoms with van der Waals surface area (Å²) in [7, 11) is 3.60. The molecule has 1 saturated heterocycles. The van der Waals surface area contributed by atoms with Crippen molar-refractivity contribution in [2.45, 2.75) is 50.7 Å². The Labute approximate surface area is 129 Å². The standard InChI is InChI=1S/C15H23N3O2S/c1-17(12-6-7-12)15-16-11(10-21-15)9-18-8-4-3-5-13(18)14(19)20-2/h10,12-13H,3-9H2,1-2H3. The van der Waals surface area contributed by atoms with E-state index in [2.05, 4.69) is 22.2 Å². The van der Waals surface area contributed by atoms with Gasteiger partial charge in [0.15, 0.2) is 5.13 Å². The van der Waals surface area contributed by atoms with Crippen LogP contribution in [0, 0.1) is 0 Å². The van der Waals surface area contributed by atoms with Gasteiger partial charge in [-0.25, -0.2) is 4.98 Å². The maximum absolute atomic E-state index is 11.9. The predicted molar refractivity (Wildman–Crippen MR) is 83.6 cm³/mol. The van der Waals surface area contributed by atoms with Crippen LogP contribution in [0.25, 0.3) is 0 Å². The highest BCUT2D eigenvalue weighted by molar-refractivity contribution is 7.13. The number of methoxy groups -OCH3 is 1. The summed E-state index contributed by atoms with van der Waals surface area (Å²) >= 11 is 1.70. The van der Waals surface area contributed by atoms with Gasteiger partial charge in [0.2, 0.25) is 0 Å². The maximum Gasteiger partial charge on any atom is 0.323 e. The van der Waals surface area contributed by atoms with Crippen LogP contribution in [0.3, 0.4) is 0 Å². The number of carbonyl (C=O) groups excluding carboxylic acids is 1. The van der Waals surface area contributed by atoms with Crippen molar-refractivity contribution >= 4 is 22.4 Å². The van der Waals surface area contributed by atoms with E-state index >= 15 is 0 Å². The number of rotatable bonds is 5. The molecule has 1 atom stereocenters. The lowest BCUT2D eigenvalue weighted by Gasteiger charge is -2.33. The Hall–Kier alpha value is -1.14. The van der Waals surface area contributed by atoms with Crippen LogP contribution in [0.5, 0.6) is 0 Å². The molecule has 1 aromatic heterocycles. The van der Waals surface area contributed by atoms with Gasteiger partial charge in [-0.1, -0.05) is 6.42 Å². The summed E-state index contributed by atoms with van der Waals surface area (Å²) in [4.78, 5) is 21.1. The van der Waals surface area contributed by atoms with Crippen LogP contribution in [0.2, 0.25) is 0 Å². The van der Waals surface area contributed by atoms with Gasteiger partial charge in [-0.15, -0.1) is 11.3 Å². The Bertz CT molecular complexity index is 501. The van der Waals surface area contributed by atoms with Crippen molar-refractivity contribution in [2.75, 3.05) is 25.6 Å². The second-order valence-electron chi connectivity index (χ2n) is 5.97. The van der Waals surface area contributed by atoms with Gasteiger partial charge in [0.05, 0.1) is 12.8 Å². The van der Waals surface area contributed by atoms with E-state index in [0.29, 0.717) is 6.04 Å². The normalized spacial score (nSPS) is 23.0. The molecule has 1 saturated carbocycles. The quantitative estimate of drug-likeness (QED) is 0.781. The summed E-state index contributed by atoms with van der Waals surface area (Å²) in [6.07, 6.45) is 5.70. The number of likely N-dealkylation sites (tertiary alicyclic amines) is 1. The third kappa shape index (κ3) is 3.37. The number of thiazole rings is 1. The van der Waals surface area contributed by atoms with E-state index in [0.717, 1.165) is 43.2 Å². The minimum Gasteiger partial charge on any atom is -0.468 e. The summed E-state index contributed by atoms with van der Waals surface area (Å²) in [5.41, 5.74) is 1.07. The highest BCUT2D eigenvalue weighted by atomic mass is 32.1. The number of hydrogen-bond acceptors (Lipinski definition) is 6. The van der Waals surface area contributed by atoms with Crippen molar-refractivity contribution in [2.24, 2.45) is 0 Å². The number of esters is 1. The van der Waals surface area contributed by atoms with Crippen molar-refractivity contribution in [3.05, 3.63) is 11.1 Å². The van der Waals surface area contributed by atoms with E-state index in [4.69, 9.17) is 9.72 Å². The van der Waals surface area contributed by atoms with Gasteiger partial charge in [-0.05, 0) is 32.2 Å². The SMILES string of the molecule is COC(=O)C1CCCCN1Cc1csc(N(C)C2CC2)n1. The largest absolute Gasteiger partial charge is 0.468 e. The Kier molecular flexibility index (Phi) is 4.45. The summed E-state index contributed by atoms with van der Waals surface area (Å²) in [5.74, 6) is -0.111. The fraction of sp³-hybridized carbons (Fsp3) is 0.733. The van der Waals surface area contributed by atoms with Crippen molar-refractivity contribution in [3.63, 3.8) is 0 Å². The molecular weight excluding hydrogens is 286 g/mol. The number of nitrogens with zero attached hydrogens (tertiary/aromatic N) is 3. The number of piperidine rings is 1. The van der Waals surface area contributed by atoms with E-state index in [-0.39, 0.29) is 12.0 Å². The molecule has 0 N–H and O–H groups in total. The topological polar surface area (TPSA) is 45.7 Å². The van der Waals surface area contributed by atoms with Crippen LogP contribution in [0.15, 0.2) is 5.38 Å². The molecule has 0 aromatic carbocycles. The van der Waals surface area contributed by atoms with Gasteiger partial charge in [0, 0.05) is 25.0 Å². The Morgan fingerprint density at radius 2 is 2.29 bits per heavy atom. The zero-order valence-corrected chi connectivity index (χ0v) is 13.6. The summed E-state index contributed by atoms with van der Waals surface area (Å²) in [5, 5.41) is 3.22. The third-order valence-corrected chi connectivity index (χ3v) is 5.37. The first-order chi connectivity index (χ1) is 10.2. The Morgan fingerprint density at radius 1 is 1.48 bits per heavy atom. The molecule has 0 spiro atoms. The molecule has 0 bridgehead atoms. The van der Waals surface area contributed by atoms with Crippen LogP contribution >= 0.6 is 11.3 Å². The first-order valence-electron chi connectivity index (χ1n) is 7.68. The molecule has 21 heavy (non-hydrogen) atoms. The number of hydrogen-bond donors (Lipinski definition) is 0. The Balaban J connectivity index is 1.65. The molecule has 3 rings (SSSR count). The first-order valence-corrected chi connectivity index (χ1v) is 8.56. The molecule has 2 aliphatic rings. The van der Waals surface area contributed by atoms with Crippen LogP contribution in [-0.2, 0) is 16.1 Å². The molecule has 5 nitrogen and oxygen atoms in total. The minimum atomic E-state index is -0.111. The molecule has 0 radical (unpaired) electrons. The highest BCUT2D eigenvalue weighted by Gasteiger charge is 2.31. The van der Waals surface area contributed by atoms with E-state index in [9.17, 15) is 4.79 Å². The van der Waals surface area contributed by atoms with Gasteiger partial charge >= 0.3 is 5.97 Å². The molecule has 2 heterocycles. The van der Waals surface area contributed by atoms with Crippen LogP contribution in [0.4, 0.5) is 5.13 Å². The van der Waals surface area contributed by atoms with Crippen molar-refractivity contribution in [3.8, 4) is 0 Å². The smallest absolute Gasteiger partial charge is 0.323 e. The van der Waals surface area contributed by atoms with Crippen molar-refractivity contribution in [1.82, 2.24) is 9.88 Å². The van der Waals surface area contributed by atoms with E-state index in [1.54, 1.807) is 11.3 Å². The Morgan fingerprint density at radius 3 is 3.00 bits per heavy atom. The van der Waals surface area contributed by atoms with Gasteiger partial charge in [0.1, 0.15) is 6.04 Å². The monoisotopic (exact) mass is 309 g/mol. The molecular formula is C15H23N3O2S. The summed E-state index contributed by atoms with van der Waals surface area (Å²) < 4.78 is 4.93. The second-order valence-corrected chi connectivity index (χ2v) is 6.81. The predicted octanol–water partition coefficient (Wildman–Crippen LogP) is 2.27. The van der Waals surface area contributed by atoms with Gasteiger partial charge in [-0.3, -0.25) is 9.69 Å². The van der Waals surface area contributed by atoms with Gasteiger partial charge < -0.3 is 9.64 Å². The molecule has 116 valence electrons. The maximum atomic E-state index is 11.9. The molecule has 1 aromatic rings. The molecule has 1 aliphatic heterocycles. The lowest BCUT2D eigenvalue weighted by Crippen LogP contribution is -2.44. The third-order valence-electron chi connectivity index (χ3n) is 4.39. The van der Waals surface area contributed by atoms with Crippen LogP contribution in [0.1, 0.15) is 37.8 Å². The molecule has 2 fully saturated rings. The van der Waals surface area contributed by atoms with Crippen molar-refractivity contribution < 1.29 is 9.53 Å². The average molecular weight is 309 g/mol. The van der Waals surface area contributed by atoms with E-state index < -0.39 is 0 Å². The van der Waals surface area contributed by atoms with E-state index in [1.807, 2.05) is 0 Å². The highest BCUT2D eigenvalue weighted by Crippen LogP contribution is 2.32. The van der Waals surface area contributed by atoms with Gasteiger partial charge in [0.25, 0.3) is 0 Å². The lowest BCUT2D eigenvalue weighted by molar-refractivity contribution is -0.148. The zero-order chi connectivity index (χ0) is 14.8. The summed E-state index contributed by atoms with van der Waals surface area (Å²) in [6.45, 7) is 1.69. The number of ether oxygens (including phenoxy) is 1. The number of anilines is 1. The lowest BCUT2D eigenvalue weighted by atomic mass is 10.0. The van der Waals surface area contributed by atoms with Crippen molar-refractivity contribution in [1.29, 1.82) is 0 Å². The molecule has 6 heteroatoms. The number of carbonyl (C=O) groups is 1. The molecule has 0 amide bonds. The fourth-order valence-electron chi connectivity index (χ4n) is 2.94. The summed E-state index contributed by atoms with van der Waals surface area (Å²) in [6, 6.07) is 0.580. The molecule has 1 aliphatic carbocycles. The zero-order valence-electron chi connectivity index (χ0n) is 12.7. The second kappa shape index (κ2) is 6.32. The minimum absolute atomic E-state index is 0.102. The molecule has 1 unspecified atom stereocenters. The fourth-order valence-corrected chi connectivity index (χ4v) is 3.79.